The van der Waals surface area contributed by atoms with Gasteiger partial charge in [0.25, 0.3) is 0 Å². The number of ether oxygens (including phenoxy) is 1. The summed E-state index contributed by atoms with van der Waals surface area (Å²) in [6.07, 6.45) is 8.41. The maximum atomic E-state index is 10.8. The van der Waals surface area contributed by atoms with Crippen molar-refractivity contribution < 1.29 is 14.9 Å². The first kappa shape index (κ1) is 16.0. The van der Waals surface area contributed by atoms with E-state index in [0.717, 1.165) is 43.7 Å². The molecule has 1 saturated heterocycles. The number of rotatable bonds is 3. The molecule has 4 atom stereocenters. The Morgan fingerprint density at radius 1 is 1.20 bits per heavy atom. The SMILES string of the molecule is COC1CCC2C3Cc4ccc(O)c(O)c4C2(CCN3CC2CC2)C1. The Bertz CT molecular complexity index is 686. The molecule has 3 fully saturated rings. The molecule has 0 radical (unpaired) electrons. The average Bonchev–Trinajstić information content (AvgIpc) is 3.43. The van der Waals surface area contributed by atoms with Gasteiger partial charge < -0.3 is 14.9 Å². The van der Waals surface area contributed by atoms with Crippen LogP contribution in [-0.4, -0.2) is 47.5 Å². The van der Waals surface area contributed by atoms with Gasteiger partial charge in [-0.05, 0) is 75.0 Å². The van der Waals surface area contributed by atoms with E-state index < -0.39 is 0 Å². The molecule has 2 N–H and O–H groups in total. The van der Waals surface area contributed by atoms with Crippen LogP contribution in [0.1, 0.15) is 49.7 Å². The number of aromatic hydroxyl groups is 2. The summed E-state index contributed by atoms with van der Waals surface area (Å²) in [7, 11) is 1.81. The molecule has 3 aliphatic carbocycles. The van der Waals surface area contributed by atoms with Gasteiger partial charge in [-0.25, -0.2) is 0 Å². The van der Waals surface area contributed by atoms with Crippen LogP contribution in [0.15, 0.2) is 12.1 Å². The maximum Gasteiger partial charge on any atom is 0.161 e. The second-order valence-electron chi connectivity index (χ2n) is 8.83. The summed E-state index contributed by atoms with van der Waals surface area (Å²) in [5.74, 6) is 1.66. The fourth-order valence-electron chi connectivity index (χ4n) is 6.23. The van der Waals surface area contributed by atoms with Gasteiger partial charge in [0.05, 0.1) is 6.10 Å². The lowest BCUT2D eigenvalue weighted by atomic mass is 9.51. The number of nitrogens with zero attached hydrogens (tertiary/aromatic N) is 1. The Morgan fingerprint density at radius 2 is 2.04 bits per heavy atom. The Balaban J connectivity index is 1.61. The van der Waals surface area contributed by atoms with Gasteiger partial charge in [0.2, 0.25) is 0 Å². The molecule has 1 aromatic carbocycles. The van der Waals surface area contributed by atoms with Gasteiger partial charge in [-0.2, -0.15) is 0 Å². The van der Waals surface area contributed by atoms with Crippen LogP contribution in [0.5, 0.6) is 11.5 Å². The number of hydrogen-bond donors (Lipinski definition) is 2. The standard InChI is InChI=1S/C21H29NO3/c1-25-15-5-6-16-17-10-14-4-7-18(23)20(24)19(14)21(16,11-15)8-9-22(17)12-13-2-3-13/h4,7,13,15-17,23-24H,2-3,5-6,8-12H2,1H3. The summed E-state index contributed by atoms with van der Waals surface area (Å²) in [5, 5.41) is 20.9. The molecule has 0 spiro atoms. The zero-order valence-electron chi connectivity index (χ0n) is 15.1. The van der Waals surface area contributed by atoms with Crippen molar-refractivity contribution in [2.45, 2.75) is 62.5 Å². The molecule has 136 valence electrons. The van der Waals surface area contributed by atoms with Crippen LogP contribution in [0, 0.1) is 11.8 Å². The summed E-state index contributed by atoms with van der Waals surface area (Å²) in [6.45, 7) is 2.37. The molecule has 1 aliphatic heterocycles. The van der Waals surface area contributed by atoms with Gasteiger partial charge in [0, 0.05) is 30.7 Å². The summed E-state index contributed by atoms with van der Waals surface area (Å²) in [6, 6.07) is 4.30. The lowest BCUT2D eigenvalue weighted by Gasteiger charge is -2.60. The molecule has 4 aliphatic rings. The first-order valence-corrected chi connectivity index (χ1v) is 9.93. The van der Waals surface area contributed by atoms with E-state index >= 15 is 0 Å². The lowest BCUT2D eigenvalue weighted by molar-refractivity contribution is -0.0613. The van der Waals surface area contributed by atoms with E-state index in [-0.39, 0.29) is 23.0 Å². The van der Waals surface area contributed by atoms with Crippen LogP contribution in [0.25, 0.3) is 0 Å². The molecule has 5 rings (SSSR count). The van der Waals surface area contributed by atoms with Gasteiger partial charge in [0.1, 0.15) is 0 Å². The second-order valence-corrected chi connectivity index (χ2v) is 8.83. The predicted molar refractivity (Wildman–Crippen MR) is 96.0 cm³/mol. The number of fused-ring (bicyclic) bond motifs is 1. The second kappa shape index (κ2) is 5.62. The summed E-state index contributed by atoms with van der Waals surface area (Å²) < 4.78 is 5.76. The van der Waals surface area contributed by atoms with Gasteiger partial charge in [-0.3, -0.25) is 4.90 Å². The Labute approximate surface area is 149 Å². The third-order valence-corrected chi connectivity index (χ3v) is 7.57. The number of piperidine rings is 1. The first-order chi connectivity index (χ1) is 12.1. The van der Waals surface area contributed by atoms with Crippen LogP contribution >= 0.6 is 0 Å². The maximum absolute atomic E-state index is 10.8. The van der Waals surface area contributed by atoms with Crippen molar-refractivity contribution in [3.05, 3.63) is 23.3 Å². The van der Waals surface area contributed by atoms with E-state index in [4.69, 9.17) is 4.74 Å². The zero-order chi connectivity index (χ0) is 17.2. The summed E-state index contributed by atoms with van der Waals surface area (Å²) >= 11 is 0. The normalized spacial score (nSPS) is 37.4. The molecule has 25 heavy (non-hydrogen) atoms. The monoisotopic (exact) mass is 343 g/mol. The Kier molecular flexibility index (Phi) is 3.58. The van der Waals surface area contributed by atoms with Crippen LogP contribution in [-0.2, 0) is 16.6 Å². The number of phenolic OH excluding ortho intramolecular Hbond substituents is 2. The van der Waals surface area contributed by atoms with Crippen molar-refractivity contribution in [3.63, 3.8) is 0 Å². The predicted octanol–water partition coefficient (Wildman–Crippen LogP) is 3.19. The van der Waals surface area contributed by atoms with Gasteiger partial charge in [0.15, 0.2) is 11.5 Å². The van der Waals surface area contributed by atoms with E-state index in [2.05, 4.69) is 4.90 Å². The number of phenols is 2. The minimum absolute atomic E-state index is 0.0277. The first-order valence-electron chi connectivity index (χ1n) is 9.93. The smallest absolute Gasteiger partial charge is 0.161 e. The van der Waals surface area contributed by atoms with Crippen LogP contribution in [0.3, 0.4) is 0 Å². The van der Waals surface area contributed by atoms with Gasteiger partial charge in [-0.15, -0.1) is 0 Å². The van der Waals surface area contributed by atoms with Crippen molar-refractivity contribution in [3.8, 4) is 11.5 Å². The molecule has 2 bridgehead atoms. The molecule has 4 heteroatoms. The van der Waals surface area contributed by atoms with E-state index in [1.165, 1.54) is 31.4 Å². The van der Waals surface area contributed by atoms with E-state index in [1.54, 1.807) is 6.07 Å². The molecule has 1 aromatic rings. The summed E-state index contributed by atoms with van der Waals surface area (Å²) in [5.41, 5.74) is 2.26. The molecule has 0 amide bonds. The molecular weight excluding hydrogens is 314 g/mol. The number of methoxy groups -OCH3 is 1. The van der Waals surface area contributed by atoms with Crippen LogP contribution in [0.4, 0.5) is 0 Å². The quantitative estimate of drug-likeness (QED) is 0.828. The third kappa shape index (κ3) is 2.33. The molecule has 1 heterocycles. The van der Waals surface area contributed by atoms with E-state index in [0.29, 0.717) is 12.0 Å². The molecule has 2 saturated carbocycles. The highest BCUT2D eigenvalue weighted by atomic mass is 16.5. The number of likely N-dealkylation sites (tertiary alicyclic amines) is 1. The van der Waals surface area contributed by atoms with Crippen molar-refractivity contribution in [1.29, 1.82) is 0 Å². The Morgan fingerprint density at radius 3 is 2.80 bits per heavy atom. The minimum Gasteiger partial charge on any atom is -0.504 e. The lowest BCUT2D eigenvalue weighted by Crippen LogP contribution is -2.62. The fourth-order valence-corrected chi connectivity index (χ4v) is 6.23. The van der Waals surface area contributed by atoms with Gasteiger partial charge >= 0.3 is 0 Å². The molecule has 4 nitrogen and oxygen atoms in total. The fraction of sp³-hybridized carbons (Fsp3) is 0.714. The highest BCUT2D eigenvalue weighted by Gasteiger charge is 2.57. The average molecular weight is 343 g/mol. The van der Waals surface area contributed by atoms with Crippen molar-refractivity contribution in [2.24, 2.45) is 11.8 Å². The van der Waals surface area contributed by atoms with Crippen LogP contribution in [0.2, 0.25) is 0 Å². The highest BCUT2D eigenvalue weighted by molar-refractivity contribution is 5.56. The van der Waals surface area contributed by atoms with E-state index in [9.17, 15) is 10.2 Å². The molecule has 4 unspecified atom stereocenters. The topological polar surface area (TPSA) is 52.9 Å². The number of hydrogen-bond acceptors (Lipinski definition) is 4. The van der Waals surface area contributed by atoms with E-state index in [1.807, 2.05) is 13.2 Å². The molecular formula is C21H29NO3. The van der Waals surface area contributed by atoms with Crippen molar-refractivity contribution in [2.75, 3.05) is 20.2 Å². The van der Waals surface area contributed by atoms with Gasteiger partial charge in [-0.1, -0.05) is 6.07 Å². The number of benzene rings is 1. The van der Waals surface area contributed by atoms with Crippen molar-refractivity contribution in [1.82, 2.24) is 4.90 Å². The molecule has 0 aromatic heterocycles. The Hall–Kier alpha value is -1.26. The highest BCUT2D eigenvalue weighted by Crippen LogP contribution is 2.59. The largest absolute Gasteiger partial charge is 0.504 e. The zero-order valence-corrected chi connectivity index (χ0v) is 15.1. The third-order valence-electron chi connectivity index (χ3n) is 7.57. The van der Waals surface area contributed by atoms with Crippen molar-refractivity contribution >= 4 is 0 Å². The minimum atomic E-state index is -0.0277. The summed E-state index contributed by atoms with van der Waals surface area (Å²) in [4.78, 5) is 2.75. The van der Waals surface area contributed by atoms with Crippen LogP contribution < -0.4 is 0 Å².